The Morgan fingerprint density at radius 2 is 2.12 bits per heavy atom. The van der Waals surface area contributed by atoms with Crippen molar-refractivity contribution in [1.29, 1.82) is 0 Å². The van der Waals surface area contributed by atoms with Crippen molar-refractivity contribution in [1.82, 2.24) is 14.8 Å². The minimum atomic E-state index is -0.0382. The summed E-state index contributed by atoms with van der Waals surface area (Å²) in [6.45, 7) is 1.93. The highest BCUT2D eigenvalue weighted by atomic mass is 35.5. The van der Waals surface area contributed by atoms with Crippen molar-refractivity contribution >= 4 is 35.0 Å². The van der Waals surface area contributed by atoms with Gasteiger partial charge in [-0.15, -0.1) is 10.2 Å². The number of benzene rings is 1. The number of halogens is 1. The van der Waals surface area contributed by atoms with Crippen molar-refractivity contribution < 1.29 is 4.79 Å². The molecule has 0 radical (unpaired) electrons. The zero-order valence-corrected chi connectivity index (χ0v) is 15.0. The Kier molecular flexibility index (Phi) is 4.26. The quantitative estimate of drug-likeness (QED) is 0.783. The molecule has 1 aromatic heterocycles. The summed E-state index contributed by atoms with van der Waals surface area (Å²) in [5.41, 5.74) is 1.75. The molecule has 2 saturated carbocycles. The summed E-state index contributed by atoms with van der Waals surface area (Å²) in [7, 11) is 0. The number of carbonyl (C=O) groups excluding carboxylic acids is 1. The highest BCUT2D eigenvalue weighted by Crippen LogP contribution is 2.45. The van der Waals surface area contributed by atoms with E-state index >= 15 is 0 Å². The van der Waals surface area contributed by atoms with Gasteiger partial charge in [0, 0.05) is 22.7 Å². The topological polar surface area (TPSA) is 59.8 Å². The molecule has 1 aromatic carbocycles. The van der Waals surface area contributed by atoms with Gasteiger partial charge in [-0.2, -0.15) is 0 Å². The minimum absolute atomic E-state index is 0.0382. The number of nitrogens with zero attached hydrogens (tertiary/aromatic N) is 3. The second-order valence-corrected chi connectivity index (χ2v) is 7.89. The maximum absolute atomic E-state index is 12.3. The fourth-order valence-corrected chi connectivity index (χ4v) is 3.81. The number of hydrogen-bond acceptors (Lipinski definition) is 4. The average Bonchev–Trinajstić information content (AvgIpc) is 3.47. The van der Waals surface area contributed by atoms with E-state index in [1.165, 1.54) is 37.4 Å². The SMILES string of the molecule is Cc1cc(Cl)ccc1NC(=O)CSc1nnc(C2CC2)n1C1CC1. The van der Waals surface area contributed by atoms with E-state index in [2.05, 4.69) is 20.1 Å². The third-order valence-electron chi connectivity index (χ3n) is 4.34. The summed E-state index contributed by atoms with van der Waals surface area (Å²) >= 11 is 7.41. The summed E-state index contributed by atoms with van der Waals surface area (Å²) in [4.78, 5) is 12.3. The lowest BCUT2D eigenvalue weighted by Gasteiger charge is -2.10. The first-order valence-corrected chi connectivity index (χ1v) is 9.62. The zero-order chi connectivity index (χ0) is 16.7. The van der Waals surface area contributed by atoms with Gasteiger partial charge in [-0.3, -0.25) is 4.79 Å². The molecule has 0 aliphatic heterocycles. The molecule has 1 heterocycles. The van der Waals surface area contributed by atoms with Crippen molar-refractivity contribution in [2.45, 2.75) is 49.7 Å². The molecule has 2 aliphatic rings. The van der Waals surface area contributed by atoms with Crippen LogP contribution in [0.3, 0.4) is 0 Å². The summed E-state index contributed by atoms with van der Waals surface area (Å²) in [5, 5.41) is 13.2. The van der Waals surface area contributed by atoms with Crippen LogP contribution in [-0.4, -0.2) is 26.4 Å². The van der Waals surface area contributed by atoms with Crippen molar-refractivity contribution in [2.75, 3.05) is 11.1 Å². The average molecular weight is 363 g/mol. The molecule has 4 rings (SSSR count). The van der Waals surface area contributed by atoms with Crippen LogP contribution in [0.25, 0.3) is 0 Å². The van der Waals surface area contributed by atoms with Crippen LogP contribution in [0, 0.1) is 6.92 Å². The molecule has 2 aromatic rings. The van der Waals surface area contributed by atoms with Gasteiger partial charge in [0.1, 0.15) is 5.82 Å². The fourth-order valence-electron chi connectivity index (χ4n) is 2.77. The molecule has 5 nitrogen and oxygen atoms in total. The van der Waals surface area contributed by atoms with Gasteiger partial charge in [0.25, 0.3) is 0 Å². The molecule has 24 heavy (non-hydrogen) atoms. The van der Waals surface area contributed by atoms with Crippen LogP contribution in [0.5, 0.6) is 0 Å². The number of aryl methyl sites for hydroxylation is 1. The van der Waals surface area contributed by atoms with Crippen LogP contribution >= 0.6 is 23.4 Å². The minimum Gasteiger partial charge on any atom is -0.325 e. The van der Waals surface area contributed by atoms with Crippen LogP contribution in [0.4, 0.5) is 5.69 Å². The standard InChI is InChI=1S/C17H19ClN4OS/c1-10-8-12(18)4-7-14(10)19-15(23)9-24-17-21-20-16(11-2-3-11)22(17)13-5-6-13/h4,7-8,11,13H,2-3,5-6,9H2,1H3,(H,19,23). The van der Waals surface area contributed by atoms with Gasteiger partial charge in [-0.05, 0) is 56.4 Å². The van der Waals surface area contributed by atoms with E-state index in [9.17, 15) is 4.79 Å². The Morgan fingerprint density at radius 1 is 1.33 bits per heavy atom. The molecule has 0 bridgehead atoms. The Morgan fingerprint density at radius 3 is 2.79 bits per heavy atom. The number of amides is 1. The highest BCUT2D eigenvalue weighted by Gasteiger charge is 2.36. The number of hydrogen-bond donors (Lipinski definition) is 1. The summed E-state index contributed by atoms with van der Waals surface area (Å²) in [6.07, 6.45) is 4.82. The molecule has 1 amide bonds. The third kappa shape index (κ3) is 3.44. The van der Waals surface area contributed by atoms with Crippen molar-refractivity contribution in [3.8, 4) is 0 Å². The highest BCUT2D eigenvalue weighted by molar-refractivity contribution is 7.99. The Balaban J connectivity index is 1.40. The molecule has 7 heteroatoms. The molecule has 0 unspecified atom stereocenters. The molecular formula is C17H19ClN4OS. The number of thioether (sulfide) groups is 1. The van der Waals surface area contributed by atoms with Gasteiger partial charge in [0.15, 0.2) is 5.16 Å². The Labute approximate surface area is 150 Å². The lowest BCUT2D eigenvalue weighted by molar-refractivity contribution is -0.113. The van der Waals surface area contributed by atoms with Gasteiger partial charge >= 0.3 is 0 Å². The normalized spacial score (nSPS) is 17.1. The lowest BCUT2D eigenvalue weighted by atomic mass is 10.2. The molecule has 2 aliphatic carbocycles. The maximum atomic E-state index is 12.3. The second-order valence-electron chi connectivity index (χ2n) is 6.51. The molecule has 2 fully saturated rings. The molecule has 126 valence electrons. The molecule has 0 atom stereocenters. The summed E-state index contributed by atoms with van der Waals surface area (Å²) < 4.78 is 2.27. The van der Waals surface area contributed by atoms with Crippen LogP contribution in [0.1, 0.15) is 49.0 Å². The summed E-state index contributed by atoms with van der Waals surface area (Å²) in [5.74, 6) is 1.99. The smallest absolute Gasteiger partial charge is 0.234 e. The van der Waals surface area contributed by atoms with Crippen molar-refractivity contribution in [3.05, 3.63) is 34.6 Å². The first kappa shape index (κ1) is 16.0. The van der Waals surface area contributed by atoms with E-state index in [4.69, 9.17) is 11.6 Å². The van der Waals surface area contributed by atoms with E-state index in [1.807, 2.05) is 19.1 Å². The number of aromatic nitrogens is 3. The van der Waals surface area contributed by atoms with Crippen LogP contribution in [-0.2, 0) is 4.79 Å². The molecule has 0 spiro atoms. The van der Waals surface area contributed by atoms with E-state index in [1.54, 1.807) is 6.07 Å². The monoisotopic (exact) mass is 362 g/mol. The van der Waals surface area contributed by atoms with Gasteiger partial charge in [-0.25, -0.2) is 0 Å². The maximum Gasteiger partial charge on any atom is 0.234 e. The van der Waals surface area contributed by atoms with E-state index in [0.29, 0.717) is 22.7 Å². The predicted molar refractivity (Wildman–Crippen MR) is 95.8 cm³/mol. The second kappa shape index (κ2) is 6.41. The predicted octanol–water partition coefficient (Wildman–Crippen LogP) is 4.18. The number of nitrogens with one attached hydrogen (secondary N) is 1. The van der Waals surface area contributed by atoms with Gasteiger partial charge < -0.3 is 9.88 Å². The van der Waals surface area contributed by atoms with Crippen LogP contribution in [0.15, 0.2) is 23.4 Å². The fraction of sp³-hybridized carbons (Fsp3) is 0.471. The van der Waals surface area contributed by atoms with Crippen LogP contribution < -0.4 is 5.32 Å². The Hall–Kier alpha value is -1.53. The zero-order valence-electron chi connectivity index (χ0n) is 13.5. The van der Waals surface area contributed by atoms with Gasteiger partial charge in [0.05, 0.1) is 5.75 Å². The molecule has 1 N–H and O–H groups in total. The van der Waals surface area contributed by atoms with Crippen molar-refractivity contribution in [3.63, 3.8) is 0 Å². The van der Waals surface area contributed by atoms with E-state index in [0.717, 1.165) is 22.2 Å². The van der Waals surface area contributed by atoms with E-state index in [-0.39, 0.29) is 5.91 Å². The number of rotatable bonds is 6. The van der Waals surface area contributed by atoms with Gasteiger partial charge in [-0.1, -0.05) is 23.4 Å². The first-order chi connectivity index (χ1) is 11.6. The number of carbonyl (C=O) groups is 1. The Bertz CT molecular complexity index is 783. The van der Waals surface area contributed by atoms with Crippen LogP contribution in [0.2, 0.25) is 5.02 Å². The van der Waals surface area contributed by atoms with E-state index < -0.39 is 0 Å². The lowest BCUT2D eigenvalue weighted by Crippen LogP contribution is -2.15. The molecular weight excluding hydrogens is 344 g/mol. The largest absolute Gasteiger partial charge is 0.325 e. The first-order valence-electron chi connectivity index (χ1n) is 8.25. The van der Waals surface area contributed by atoms with Crippen molar-refractivity contribution in [2.24, 2.45) is 0 Å². The third-order valence-corrected chi connectivity index (χ3v) is 5.52. The van der Waals surface area contributed by atoms with Gasteiger partial charge in [0.2, 0.25) is 5.91 Å². The molecule has 0 saturated heterocycles. The summed E-state index contributed by atoms with van der Waals surface area (Å²) in [6, 6.07) is 6.00. The number of anilines is 1.